The Morgan fingerprint density at radius 3 is 2.70 bits per heavy atom. The Kier molecular flexibility index (Phi) is 4.55. The first-order valence-corrected chi connectivity index (χ1v) is 6.71. The smallest absolute Gasteiger partial charge is 0.307 e. The van der Waals surface area contributed by atoms with E-state index in [1.165, 1.54) is 0 Å². The van der Waals surface area contributed by atoms with Crippen LogP contribution in [-0.2, 0) is 23.1 Å². The second-order valence-electron chi connectivity index (χ2n) is 5.06. The average Bonchev–Trinajstić information content (AvgIpc) is 2.84. The lowest BCUT2D eigenvalue weighted by Crippen LogP contribution is -2.39. The number of rotatable bonds is 5. The Labute approximate surface area is 117 Å². The van der Waals surface area contributed by atoms with Crippen molar-refractivity contribution in [2.75, 3.05) is 6.54 Å². The lowest BCUT2D eigenvalue weighted by Gasteiger charge is -2.24. The summed E-state index contributed by atoms with van der Waals surface area (Å²) in [6.07, 6.45) is 8.99. The number of aromatic nitrogens is 2. The van der Waals surface area contributed by atoms with Crippen LogP contribution in [0.3, 0.4) is 0 Å². The maximum absolute atomic E-state index is 12.1. The van der Waals surface area contributed by atoms with Gasteiger partial charge in [0.25, 0.3) is 0 Å². The molecule has 2 rings (SSSR count). The van der Waals surface area contributed by atoms with Gasteiger partial charge in [-0.2, -0.15) is 5.10 Å². The second kappa shape index (κ2) is 6.36. The molecule has 2 atom stereocenters. The third-order valence-corrected chi connectivity index (χ3v) is 3.56. The summed E-state index contributed by atoms with van der Waals surface area (Å²) in [6, 6.07) is 0. The number of aliphatic carboxylic acids is 1. The van der Waals surface area contributed by atoms with Gasteiger partial charge in [-0.25, -0.2) is 0 Å². The van der Waals surface area contributed by atoms with E-state index < -0.39 is 17.8 Å². The number of carbonyl (C=O) groups excluding carboxylic acids is 1. The quantitative estimate of drug-likeness (QED) is 0.778. The molecule has 1 aromatic rings. The molecule has 0 spiro atoms. The molecule has 1 aromatic heterocycles. The summed E-state index contributed by atoms with van der Waals surface area (Å²) in [5.74, 6) is -2.16. The molecule has 0 saturated carbocycles. The van der Waals surface area contributed by atoms with E-state index >= 15 is 0 Å². The van der Waals surface area contributed by atoms with Crippen molar-refractivity contribution in [1.82, 2.24) is 15.1 Å². The fourth-order valence-corrected chi connectivity index (χ4v) is 2.44. The van der Waals surface area contributed by atoms with Crippen molar-refractivity contribution in [3.8, 4) is 0 Å². The average molecular weight is 277 g/mol. The molecule has 1 aliphatic rings. The van der Waals surface area contributed by atoms with E-state index in [0.29, 0.717) is 25.8 Å². The topological polar surface area (TPSA) is 84.2 Å². The van der Waals surface area contributed by atoms with Crippen molar-refractivity contribution in [3.63, 3.8) is 0 Å². The minimum atomic E-state index is -0.901. The number of amides is 1. The maximum Gasteiger partial charge on any atom is 0.307 e. The van der Waals surface area contributed by atoms with E-state index in [4.69, 9.17) is 5.11 Å². The monoisotopic (exact) mass is 277 g/mol. The van der Waals surface area contributed by atoms with Gasteiger partial charge < -0.3 is 10.4 Å². The van der Waals surface area contributed by atoms with E-state index in [9.17, 15) is 9.59 Å². The first-order chi connectivity index (χ1) is 9.58. The van der Waals surface area contributed by atoms with Crippen LogP contribution in [0.2, 0.25) is 0 Å². The van der Waals surface area contributed by atoms with Gasteiger partial charge in [-0.05, 0) is 24.8 Å². The number of carbonyl (C=O) groups is 2. The summed E-state index contributed by atoms with van der Waals surface area (Å²) < 4.78 is 1.71. The molecule has 6 nitrogen and oxygen atoms in total. The number of carboxylic acid groups (broad SMARTS) is 1. The first kappa shape index (κ1) is 14.3. The van der Waals surface area contributed by atoms with Crippen molar-refractivity contribution in [1.29, 1.82) is 0 Å². The standard InChI is InChI=1S/C14H19N3O3/c1-17-9-10(8-16-17)6-7-15-13(18)11-4-2-3-5-12(11)14(19)20/h2-3,8-9,11-12H,4-7H2,1H3,(H,15,18)(H,19,20). The number of aryl methyl sites for hydroxylation is 1. The molecule has 1 amide bonds. The minimum absolute atomic E-state index is 0.175. The molecule has 1 heterocycles. The molecule has 0 bridgehead atoms. The van der Waals surface area contributed by atoms with E-state index in [1.807, 2.05) is 25.4 Å². The third kappa shape index (κ3) is 3.46. The van der Waals surface area contributed by atoms with Crippen LogP contribution in [0.5, 0.6) is 0 Å². The van der Waals surface area contributed by atoms with Crippen LogP contribution in [0.1, 0.15) is 18.4 Å². The number of hydrogen-bond donors (Lipinski definition) is 2. The Balaban J connectivity index is 1.84. The molecule has 0 radical (unpaired) electrons. The van der Waals surface area contributed by atoms with Gasteiger partial charge in [-0.3, -0.25) is 14.3 Å². The van der Waals surface area contributed by atoms with E-state index in [2.05, 4.69) is 10.4 Å². The van der Waals surface area contributed by atoms with Gasteiger partial charge in [-0.1, -0.05) is 12.2 Å². The van der Waals surface area contributed by atoms with Crippen LogP contribution >= 0.6 is 0 Å². The first-order valence-electron chi connectivity index (χ1n) is 6.71. The molecule has 0 aliphatic heterocycles. The van der Waals surface area contributed by atoms with Crippen LogP contribution in [-0.4, -0.2) is 33.3 Å². The van der Waals surface area contributed by atoms with Gasteiger partial charge in [-0.15, -0.1) is 0 Å². The highest BCUT2D eigenvalue weighted by molar-refractivity contribution is 5.85. The molecular weight excluding hydrogens is 258 g/mol. The number of nitrogens with one attached hydrogen (secondary N) is 1. The van der Waals surface area contributed by atoms with Gasteiger partial charge >= 0.3 is 5.97 Å². The summed E-state index contributed by atoms with van der Waals surface area (Å²) in [7, 11) is 1.84. The molecule has 0 aromatic carbocycles. The Morgan fingerprint density at radius 2 is 2.10 bits per heavy atom. The van der Waals surface area contributed by atoms with E-state index in [-0.39, 0.29) is 5.91 Å². The Morgan fingerprint density at radius 1 is 1.40 bits per heavy atom. The fourth-order valence-electron chi connectivity index (χ4n) is 2.44. The summed E-state index contributed by atoms with van der Waals surface area (Å²) in [4.78, 5) is 23.2. The highest BCUT2D eigenvalue weighted by Gasteiger charge is 2.33. The predicted molar refractivity (Wildman–Crippen MR) is 72.9 cm³/mol. The zero-order chi connectivity index (χ0) is 14.5. The van der Waals surface area contributed by atoms with Gasteiger partial charge in [0.2, 0.25) is 5.91 Å². The molecule has 2 unspecified atom stereocenters. The summed E-state index contributed by atoms with van der Waals surface area (Å²) in [5, 5.41) is 16.0. The van der Waals surface area contributed by atoms with Gasteiger partial charge in [0.1, 0.15) is 0 Å². The lowest BCUT2D eigenvalue weighted by atomic mass is 9.82. The molecule has 2 N–H and O–H groups in total. The lowest BCUT2D eigenvalue weighted by molar-refractivity contribution is -0.147. The molecule has 1 aliphatic carbocycles. The van der Waals surface area contributed by atoms with Gasteiger partial charge in [0, 0.05) is 19.8 Å². The number of carboxylic acids is 1. The minimum Gasteiger partial charge on any atom is -0.481 e. The second-order valence-corrected chi connectivity index (χ2v) is 5.06. The number of allylic oxidation sites excluding steroid dienone is 2. The molecule has 0 fully saturated rings. The normalized spacial score (nSPS) is 21.6. The number of nitrogens with zero attached hydrogens (tertiary/aromatic N) is 2. The van der Waals surface area contributed by atoms with Crippen LogP contribution in [0.4, 0.5) is 0 Å². The molecule has 6 heteroatoms. The molecule has 0 saturated heterocycles. The van der Waals surface area contributed by atoms with Crippen LogP contribution in [0.15, 0.2) is 24.5 Å². The van der Waals surface area contributed by atoms with Crippen LogP contribution < -0.4 is 5.32 Å². The SMILES string of the molecule is Cn1cc(CCNC(=O)C2CC=CCC2C(=O)O)cn1. The highest BCUT2D eigenvalue weighted by Crippen LogP contribution is 2.25. The molecular formula is C14H19N3O3. The molecule has 20 heavy (non-hydrogen) atoms. The fraction of sp³-hybridized carbons (Fsp3) is 0.500. The Hall–Kier alpha value is -2.11. The number of hydrogen-bond acceptors (Lipinski definition) is 3. The van der Waals surface area contributed by atoms with Crippen molar-refractivity contribution in [3.05, 3.63) is 30.1 Å². The van der Waals surface area contributed by atoms with Crippen molar-refractivity contribution in [2.45, 2.75) is 19.3 Å². The summed E-state index contributed by atoms with van der Waals surface area (Å²) in [5.41, 5.74) is 1.05. The zero-order valence-electron chi connectivity index (χ0n) is 11.5. The summed E-state index contributed by atoms with van der Waals surface area (Å²) >= 11 is 0. The largest absolute Gasteiger partial charge is 0.481 e. The zero-order valence-corrected chi connectivity index (χ0v) is 11.5. The predicted octanol–water partition coefficient (Wildman–Crippen LogP) is 0.746. The van der Waals surface area contributed by atoms with Crippen LogP contribution in [0.25, 0.3) is 0 Å². The van der Waals surface area contributed by atoms with E-state index in [1.54, 1.807) is 10.9 Å². The van der Waals surface area contributed by atoms with Crippen LogP contribution in [0, 0.1) is 11.8 Å². The van der Waals surface area contributed by atoms with E-state index in [0.717, 1.165) is 5.56 Å². The summed E-state index contributed by atoms with van der Waals surface area (Å²) in [6.45, 7) is 0.497. The van der Waals surface area contributed by atoms with Gasteiger partial charge in [0.15, 0.2) is 0 Å². The van der Waals surface area contributed by atoms with Gasteiger partial charge in [0.05, 0.1) is 18.0 Å². The third-order valence-electron chi connectivity index (χ3n) is 3.56. The van der Waals surface area contributed by atoms with Crippen molar-refractivity contribution in [2.24, 2.45) is 18.9 Å². The highest BCUT2D eigenvalue weighted by atomic mass is 16.4. The Bertz CT molecular complexity index is 521. The molecule has 108 valence electrons. The van der Waals surface area contributed by atoms with Crippen molar-refractivity contribution < 1.29 is 14.7 Å². The van der Waals surface area contributed by atoms with Crippen molar-refractivity contribution >= 4 is 11.9 Å². The maximum atomic E-state index is 12.1.